The Labute approximate surface area is 140 Å². The number of rotatable bonds is 4. The summed E-state index contributed by atoms with van der Waals surface area (Å²) >= 11 is 7.90. The molecule has 3 rings (SSSR count). The van der Waals surface area contributed by atoms with Crippen LogP contribution in [0.5, 0.6) is 0 Å². The first-order valence-corrected chi connectivity index (χ1v) is 8.39. The van der Waals surface area contributed by atoms with Crippen LogP contribution in [-0.2, 0) is 4.74 Å². The molecule has 1 aliphatic rings. The van der Waals surface area contributed by atoms with Crippen molar-refractivity contribution in [3.05, 3.63) is 58.6 Å². The monoisotopic (exact) mass is 331 g/mol. The molecule has 0 radical (unpaired) electrons. The third-order valence-corrected chi connectivity index (χ3v) is 4.83. The zero-order chi connectivity index (χ0) is 15.5. The lowest BCUT2D eigenvalue weighted by molar-refractivity contribution is 0.233. The molecule has 0 saturated carbocycles. The lowest BCUT2D eigenvalue weighted by Crippen LogP contribution is -2.17. The zero-order valence-corrected chi connectivity index (χ0v) is 14.2. The highest BCUT2D eigenvalue weighted by Crippen LogP contribution is 2.41. The molecule has 0 amide bonds. The summed E-state index contributed by atoms with van der Waals surface area (Å²) in [4.78, 5) is 4.52. The molecule has 2 aromatic rings. The Bertz CT molecular complexity index is 712. The quantitative estimate of drug-likeness (QED) is 0.792. The van der Waals surface area contributed by atoms with Gasteiger partial charge in [0.1, 0.15) is 12.4 Å². The van der Waals surface area contributed by atoms with E-state index in [1.807, 2.05) is 32.3 Å². The van der Waals surface area contributed by atoms with Crippen LogP contribution in [0.3, 0.4) is 0 Å². The van der Waals surface area contributed by atoms with E-state index in [1.54, 1.807) is 11.8 Å². The molecule has 0 spiro atoms. The summed E-state index contributed by atoms with van der Waals surface area (Å²) < 4.78 is 6.06. The normalized spacial score (nSPS) is 13.2. The van der Waals surface area contributed by atoms with Crippen LogP contribution in [0.1, 0.15) is 11.1 Å². The van der Waals surface area contributed by atoms with Crippen LogP contribution >= 0.6 is 23.4 Å². The predicted molar refractivity (Wildman–Crippen MR) is 94.4 cm³/mol. The van der Waals surface area contributed by atoms with Gasteiger partial charge in [-0.2, -0.15) is 0 Å². The number of halogens is 1. The van der Waals surface area contributed by atoms with Crippen molar-refractivity contribution >= 4 is 35.2 Å². The molecule has 0 N–H and O–H groups in total. The zero-order valence-electron chi connectivity index (χ0n) is 12.7. The van der Waals surface area contributed by atoms with E-state index < -0.39 is 0 Å². The molecule has 0 aromatic heterocycles. The van der Waals surface area contributed by atoms with Gasteiger partial charge in [-0.3, -0.25) is 0 Å². The summed E-state index contributed by atoms with van der Waals surface area (Å²) in [6.07, 6.45) is 2.09. The second-order valence-corrected chi connectivity index (χ2v) is 6.96. The third kappa shape index (κ3) is 3.49. The van der Waals surface area contributed by atoms with E-state index in [4.69, 9.17) is 16.3 Å². The van der Waals surface area contributed by atoms with Crippen LogP contribution in [0.25, 0.3) is 11.8 Å². The van der Waals surface area contributed by atoms with Gasteiger partial charge in [-0.05, 0) is 50.0 Å². The van der Waals surface area contributed by atoms with Crippen LogP contribution < -0.4 is 0 Å². The number of fused-ring (bicyclic) bond motifs is 2. The maximum Gasteiger partial charge on any atom is 0.128 e. The Hall–Kier alpha value is -1.42. The molecule has 4 heteroatoms. The highest BCUT2D eigenvalue weighted by molar-refractivity contribution is 7.99. The highest BCUT2D eigenvalue weighted by atomic mass is 35.5. The number of nitrogens with zero attached hydrogens (tertiary/aromatic N) is 1. The Morgan fingerprint density at radius 1 is 1.09 bits per heavy atom. The maximum absolute atomic E-state index is 6.15. The molecule has 0 unspecified atom stereocenters. The first-order valence-electron chi connectivity index (χ1n) is 7.19. The van der Waals surface area contributed by atoms with Crippen molar-refractivity contribution in [1.29, 1.82) is 0 Å². The Morgan fingerprint density at radius 2 is 1.91 bits per heavy atom. The summed E-state index contributed by atoms with van der Waals surface area (Å²) in [6, 6.07) is 14.3. The molecular weight excluding hydrogens is 314 g/mol. The van der Waals surface area contributed by atoms with Gasteiger partial charge < -0.3 is 9.64 Å². The van der Waals surface area contributed by atoms with Crippen LogP contribution in [0.2, 0.25) is 5.02 Å². The minimum atomic E-state index is 0.660. The summed E-state index contributed by atoms with van der Waals surface area (Å²) in [5.74, 6) is 0.908. The van der Waals surface area contributed by atoms with Crippen LogP contribution in [0, 0.1) is 0 Å². The number of ether oxygens (including phenoxy) is 1. The second-order valence-electron chi connectivity index (χ2n) is 5.44. The van der Waals surface area contributed by atoms with Crippen LogP contribution in [-0.4, -0.2) is 32.1 Å². The van der Waals surface area contributed by atoms with E-state index in [0.29, 0.717) is 6.61 Å². The molecule has 1 heterocycles. The molecule has 1 aliphatic heterocycles. The number of hydrogen-bond donors (Lipinski definition) is 0. The molecule has 0 aliphatic carbocycles. The Morgan fingerprint density at radius 3 is 2.73 bits per heavy atom. The van der Waals surface area contributed by atoms with Crippen LogP contribution in [0.15, 0.2) is 52.3 Å². The summed E-state index contributed by atoms with van der Waals surface area (Å²) in [6.45, 7) is 1.54. The van der Waals surface area contributed by atoms with Crippen molar-refractivity contribution in [2.24, 2.45) is 0 Å². The van der Waals surface area contributed by atoms with Crippen LogP contribution in [0.4, 0.5) is 0 Å². The fourth-order valence-corrected chi connectivity index (χ4v) is 3.49. The summed E-state index contributed by atoms with van der Waals surface area (Å²) in [5.41, 5.74) is 2.24. The molecule has 0 atom stereocenters. The fourth-order valence-electron chi connectivity index (χ4n) is 2.28. The number of benzene rings is 2. The molecule has 2 aromatic carbocycles. The van der Waals surface area contributed by atoms with E-state index in [0.717, 1.165) is 28.5 Å². The maximum atomic E-state index is 6.15. The lowest BCUT2D eigenvalue weighted by atomic mass is 10.1. The van der Waals surface area contributed by atoms with Gasteiger partial charge in [0, 0.05) is 26.9 Å². The predicted octanol–water partition coefficient (Wildman–Crippen LogP) is 4.88. The minimum absolute atomic E-state index is 0.660. The first kappa shape index (κ1) is 15.5. The van der Waals surface area contributed by atoms with Crippen molar-refractivity contribution in [1.82, 2.24) is 4.90 Å². The third-order valence-electron chi connectivity index (χ3n) is 3.43. The standard InChI is InChI=1S/C18H18ClNOS/c1-20(2)9-10-21-16-12-13-11-14(19)7-8-17(13)22-18-6-4-3-5-15(16)18/h3-8,11-12H,9-10H2,1-2H3. The van der Waals surface area contributed by atoms with Crippen molar-refractivity contribution in [2.75, 3.05) is 27.2 Å². The van der Waals surface area contributed by atoms with Gasteiger partial charge in [-0.25, -0.2) is 0 Å². The van der Waals surface area contributed by atoms with Gasteiger partial charge in [0.05, 0.1) is 0 Å². The summed E-state index contributed by atoms with van der Waals surface area (Å²) in [7, 11) is 4.09. The molecule has 114 valence electrons. The molecule has 0 fully saturated rings. The van der Waals surface area contributed by atoms with Crippen molar-refractivity contribution in [3.63, 3.8) is 0 Å². The van der Waals surface area contributed by atoms with Crippen molar-refractivity contribution < 1.29 is 4.74 Å². The second kappa shape index (κ2) is 6.78. The Balaban J connectivity index is 1.99. The van der Waals surface area contributed by atoms with Crippen molar-refractivity contribution in [2.45, 2.75) is 9.79 Å². The minimum Gasteiger partial charge on any atom is -0.492 e. The van der Waals surface area contributed by atoms with Gasteiger partial charge in [0.25, 0.3) is 0 Å². The molecule has 2 nitrogen and oxygen atoms in total. The Kier molecular flexibility index (Phi) is 4.77. The van der Waals surface area contributed by atoms with Gasteiger partial charge in [-0.15, -0.1) is 0 Å². The molecule has 0 bridgehead atoms. The smallest absolute Gasteiger partial charge is 0.128 e. The largest absolute Gasteiger partial charge is 0.492 e. The van der Waals surface area contributed by atoms with E-state index in [2.05, 4.69) is 35.2 Å². The highest BCUT2D eigenvalue weighted by Gasteiger charge is 2.17. The average Bonchev–Trinajstić information content (AvgIpc) is 2.63. The van der Waals surface area contributed by atoms with Gasteiger partial charge in [0.15, 0.2) is 0 Å². The van der Waals surface area contributed by atoms with Gasteiger partial charge in [0.2, 0.25) is 0 Å². The molecule has 22 heavy (non-hydrogen) atoms. The van der Waals surface area contributed by atoms with E-state index in [9.17, 15) is 0 Å². The summed E-state index contributed by atoms with van der Waals surface area (Å²) in [5, 5.41) is 0.745. The fraction of sp³-hybridized carbons (Fsp3) is 0.222. The van der Waals surface area contributed by atoms with Gasteiger partial charge in [-0.1, -0.05) is 41.6 Å². The first-order chi connectivity index (χ1) is 10.6. The van der Waals surface area contributed by atoms with Gasteiger partial charge >= 0.3 is 0 Å². The van der Waals surface area contributed by atoms with E-state index >= 15 is 0 Å². The topological polar surface area (TPSA) is 12.5 Å². The molecular formula is C18H18ClNOS. The molecule has 0 saturated heterocycles. The lowest BCUT2D eigenvalue weighted by Gasteiger charge is -2.14. The van der Waals surface area contributed by atoms with E-state index in [1.165, 1.54) is 9.79 Å². The SMILES string of the molecule is CN(C)CCOC1=Cc2cc(Cl)ccc2Sc2ccccc21. The average molecular weight is 332 g/mol. The number of likely N-dealkylation sites (N-methyl/N-ethyl adjacent to an activating group) is 1. The van der Waals surface area contributed by atoms with Crippen molar-refractivity contribution in [3.8, 4) is 0 Å². The van der Waals surface area contributed by atoms with E-state index in [-0.39, 0.29) is 0 Å². The number of hydrogen-bond acceptors (Lipinski definition) is 3.